The molecule has 0 fully saturated rings. The molecule has 0 bridgehead atoms. The molecule has 3 nitrogen and oxygen atoms in total. The van der Waals surface area contributed by atoms with Crippen molar-refractivity contribution in [2.24, 2.45) is 0 Å². The Balaban J connectivity index is 2.67. The van der Waals surface area contributed by atoms with Gasteiger partial charge in [0.15, 0.2) is 0 Å². The summed E-state index contributed by atoms with van der Waals surface area (Å²) in [5.41, 5.74) is 1.45. The molecule has 0 saturated heterocycles. The van der Waals surface area contributed by atoms with E-state index in [9.17, 15) is 0 Å². The molecular weight excluding hydrogens is 330 g/mol. The van der Waals surface area contributed by atoms with Crippen molar-refractivity contribution in [1.29, 1.82) is 0 Å². The van der Waals surface area contributed by atoms with Crippen molar-refractivity contribution in [1.82, 2.24) is 5.32 Å². The fourth-order valence-electron chi connectivity index (χ4n) is 2.09. The lowest BCUT2D eigenvalue weighted by Crippen LogP contribution is -2.29. The second-order valence-corrected chi connectivity index (χ2v) is 7.08. The molecule has 120 valence electrons. The first-order valence-corrected chi connectivity index (χ1v) is 8.31. The molecule has 1 aromatic rings. The molecule has 0 heterocycles. The monoisotopic (exact) mass is 357 g/mol. The van der Waals surface area contributed by atoms with Crippen LogP contribution in [0, 0.1) is 0 Å². The summed E-state index contributed by atoms with van der Waals surface area (Å²) in [5.74, 6) is 0.868. The fourth-order valence-corrected chi connectivity index (χ4v) is 2.58. The van der Waals surface area contributed by atoms with Crippen molar-refractivity contribution in [2.45, 2.75) is 45.6 Å². The number of halogens is 1. The maximum Gasteiger partial charge on any atom is 0.133 e. The summed E-state index contributed by atoms with van der Waals surface area (Å²) in [6, 6.07) is 6.89. The Kier molecular flexibility index (Phi) is 7.71. The number of rotatable bonds is 9. The zero-order chi connectivity index (χ0) is 15.9. The smallest absolute Gasteiger partial charge is 0.133 e. The quantitative estimate of drug-likeness (QED) is 0.673. The first kappa shape index (κ1) is 18.5. The highest BCUT2D eigenvalue weighted by molar-refractivity contribution is 9.10. The molecule has 0 aliphatic rings. The van der Waals surface area contributed by atoms with Crippen molar-refractivity contribution in [3.63, 3.8) is 0 Å². The minimum atomic E-state index is 0.134. The van der Waals surface area contributed by atoms with Gasteiger partial charge in [-0.2, -0.15) is 0 Å². The van der Waals surface area contributed by atoms with Crippen LogP contribution in [0.3, 0.4) is 0 Å². The number of benzene rings is 1. The number of ether oxygens (including phenoxy) is 2. The van der Waals surface area contributed by atoms with E-state index in [1.54, 1.807) is 7.11 Å². The number of methoxy groups -OCH3 is 1. The lowest BCUT2D eigenvalue weighted by molar-refractivity contribution is 0.146. The van der Waals surface area contributed by atoms with Crippen molar-refractivity contribution < 1.29 is 9.47 Å². The van der Waals surface area contributed by atoms with Gasteiger partial charge >= 0.3 is 0 Å². The predicted molar refractivity (Wildman–Crippen MR) is 92.3 cm³/mol. The second-order valence-electron chi connectivity index (χ2n) is 6.23. The van der Waals surface area contributed by atoms with Crippen LogP contribution in [0.15, 0.2) is 22.7 Å². The Morgan fingerprint density at radius 3 is 2.52 bits per heavy atom. The van der Waals surface area contributed by atoms with Crippen LogP contribution >= 0.6 is 15.9 Å². The third kappa shape index (κ3) is 6.37. The number of nitrogens with one attached hydrogen (secondary N) is 1. The summed E-state index contributed by atoms with van der Waals surface area (Å²) in [6.07, 6.45) is 1.10. The molecule has 0 aliphatic heterocycles. The van der Waals surface area contributed by atoms with Crippen LogP contribution in [-0.2, 0) is 10.2 Å². The van der Waals surface area contributed by atoms with E-state index >= 15 is 0 Å². The van der Waals surface area contributed by atoms with Crippen molar-refractivity contribution >= 4 is 15.9 Å². The molecule has 4 heteroatoms. The number of hydrogen-bond donors (Lipinski definition) is 1. The molecule has 0 radical (unpaired) electrons. The van der Waals surface area contributed by atoms with Gasteiger partial charge in [0.25, 0.3) is 0 Å². The normalized spacial score (nSPS) is 12.0. The van der Waals surface area contributed by atoms with E-state index < -0.39 is 0 Å². The van der Waals surface area contributed by atoms with Crippen molar-refractivity contribution in [3.05, 3.63) is 28.2 Å². The molecule has 0 unspecified atom stereocenters. The van der Waals surface area contributed by atoms with E-state index in [0.29, 0.717) is 19.3 Å². The molecule has 21 heavy (non-hydrogen) atoms. The minimum Gasteiger partial charge on any atom is -0.490 e. The van der Waals surface area contributed by atoms with Crippen molar-refractivity contribution in [3.8, 4) is 5.75 Å². The Morgan fingerprint density at radius 2 is 1.95 bits per heavy atom. The van der Waals surface area contributed by atoms with E-state index in [1.807, 2.05) is 6.07 Å². The lowest BCUT2D eigenvalue weighted by Gasteiger charge is -2.26. The Morgan fingerprint density at radius 1 is 1.24 bits per heavy atom. The van der Waals surface area contributed by atoms with Crippen LogP contribution in [0.25, 0.3) is 0 Å². The van der Waals surface area contributed by atoms with Crippen molar-refractivity contribution in [2.75, 3.05) is 26.9 Å². The van der Waals surface area contributed by atoms with Crippen LogP contribution in [0.1, 0.15) is 39.7 Å². The van der Waals surface area contributed by atoms with Gasteiger partial charge in [0.05, 0.1) is 11.1 Å². The zero-order valence-corrected chi connectivity index (χ0v) is 15.4. The maximum absolute atomic E-state index is 5.67. The van der Waals surface area contributed by atoms with Gasteiger partial charge in [-0.1, -0.05) is 33.8 Å². The highest BCUT2D eigenvalue weighted by atomic mass is 79.9. The average Bonchev–Trinajstić information content (AvgIpc) is 2.40. The minimum absolute atomic E-state index is 0.134. The molecule has 0 atom stereocenters. The largest absolute Gasteiger partial charge is 0.490 e. The molecule has 0 aliphatic carbocycles. The van der Waals surface area contributed by atoms with Gasteiger partial charge in [0, 0.05) is 13.2 Å². The highest BCUT2D eigenvalue weighted by Gasteiger charge is 2.21. The average molecular weight is 358 g/mol. The Labute approximate surface area is 137 Å². The van der Waals surface area contributed by atoms with Gasteiger partial charge in [-0.25, -0.2) is 0 Å². The SMILES string of the molecule is COCCOc1ccc(C(C)(C)CCNC(C)C)cc1Br. The van der Waals surface area contributed by atoms with Gasteiger partial charge in [0.2, 0.25) is 0 Å². The second kappa shape index (κ2) is 8.76. The predicted octanol–water partition coefficient (Wildman–Crippen LogP) is 4.14. The van der Waals surface area contributed by atoms with E-state index in [4.69, 9.17) is 9.47 Å². The van der Waals surface area contributed by atoms with Crippen LogP contribution in [0.5, 0.6) is 5.75 Å². The Bertz CT molecular complexity index is 433. The summed E-state index contributed by atoms with van der Waals surface area (Å²) in [7, 11) is 1.68. The first-order chi connectivity index (χ1) is 9.86. The highest BCUT2D eigenvalue weighted by Crippen LogP contribution is 2.33. The van der Waals surface area contributed by atoms with Gasteiger partial charge < -0.3 is 14.8 Å². The van der Waals surface area contributed by atoms with E-state index in [1.165, 1.54) is 5.56 Å². The standard InChI is InChI=1S/C17H28BrNO2/c1-13(2)19-9-8-17(3,4)14-6-7-16(15(18)12-14)21-11-10-20-5/h6-7,12-13,19H,8-11H2,1-5H3. The van der Waals surface area contributed by atoms with Crippen LogP contribution < -0.4 is 10.1 Å². The maximum atomic E-state index is 5.67. The summed E-state index contributed by atoms with van der Waals surface area (Å²) < 4.78 is 11.7. The first-order valence-electron chi connectivity index (χ1n) is 7.52. The van der Waals surface area contributed by atoms with Gasteiger partial charge in [-0.05, 0) is 52.0 Å². The molecule has 0 spiro atoms. The summed E-state index contributed by atoms with van der Waals surface area (Å²) in [6.45, 7) is 11.1. The summed E-state index contributed by atoms with van der Waals surface area (Å²) in [5, 5.41) is 3.48. The molecule has 0 saturated carbocycles. The third-order valence-corrected chi connectivity index (χ3v) is 4.18. The van der Waals surface area contributed by atoms with Gasteiger partial charge in [-0.15, -0.1) is 0 Å². The molecular formula is C17H28BrNO2. The molecule has 1 rings (SSSR count). The van der Waals surface area contributed by atoms with Gasteiger partial charge in [-0.3, -0.25) is 0 Å². The van der Waals surface area contributed by atoms with Crippen LogP contribution in [0.2, 0.25) is 0 Å². The zero-order valence-electron chi connectivity index (χ0n) is 13.8. The van der Waals surface area contributed by atoms with Crippen LogP contribution in [-0.4, -0.2) is 32.9 Å². The van der Waals surface area contributed by atoms with E-state index in [-0.39, 0.29) is 5.41 Å². The lowest BCUT2D eigenvalue weighted by atomic mass is 9.81. The van der Waals surface area contributed by atoms with E-state index in [2.05, 4.69) is 61.1 Å². The molecule has 0 aromatic heterocycles. The topological polar surface area (TPSA) is 30.5 Å². The molecule has 1 N–H and O–H groups in total. The fraction of sp³-hybridized carbons (Fsp3) is 0.647. The molecule has 0 amide bonds. The van der Waals surface area contributed by atoms with Crippen LogP contribution in [0.4, 0.5) is 0 Å². The summed E-state index contributed by atoms with van der Waals surface area (Å²) >= 11 is 3.60. The third-order valence-electron chi connectivity index (χ3n) is 3.56. The van der Waals surface area contributed by atoms with Gasteiger partial charge in [0.1, 0.15) is 12.4 Å². The van der Waals surface area contributed by atoms with E-state index in [0.717, 1.165) is 23.2 Å². The Hall–Kier alpha value is -0.580. The molecule has 1 aromatic carbocycles. The number of hydrogen-bond acceptors (Lipinski definition) is 3. The summed E-state index contributed by atoms with van der Waals surface area (Å²) in [4.78, 5) is 0.